The first kappa shape index (κ1) is 21.5. The second-order valence-electron chi connectivity index (χ2n) is 5.68. The number of carbonyl (C=O) groups is 1. The summed E-state index contributed by atoms with van der Waals surface area (Å²) < 4.78 is 43.7. The number of hydrogen-bond donors (Lipinski definition) is 2. The van der Waals surface area contributed by atoms with E-state index in [0.717, 1.165) is 0 Å². The Labute approximate surface area is 164 Å². The Bertz CT molecular complexity index is 943. The van der Waals surface area contributed by atoms with Crippen LogP contribution >= 0.6 is 0 Å². The Morgan fingerprint density at radius 2 is 1.68 bits per heavy atom. The van der Waals surface area contributed by atoms with Gasteiger partial charge in [-0.15, -0.1) is 0 Å². The number of sulfonamides is 1. The molecule has 152 valence electrons. The summed E-state index contributed by atoms with van der Waals surface area (Å²) in [6.45, 7) is 2.36. The van der Waals surface area contributed by atoms with E-state index in [9.17, 15) is 13.2 Å². The van der Waals surface area contributed by atoms with Crippen molar-refractivity contribution in [1.82, 2.24) is 10.0 Å². The Morgan fingerprint density at radius 1 is 1.00 bits per heavy atom. The van der Waals surface area contributed by atoms with Gasteiger partial charge in [-0.3, -0.25) is 4.79 Å². The topological polar surface area (TPSA) is 103 Å². The molecule has 0 atom stereocenters. The summed E-state index contributed by atoms with van der Waals surface area (Å²) in [4.78, 5) is 11.9. The van der Waals surface area contributed by atoms with E-state index in [0.29, 0.717) is 23.7 Å². The molecule has 0 saturated heterocycles. The summed E-state index contributed by atoms with van der Waals surface area (Å²) in [7, 11) is 0.559. The molecule has 0 heterocycles. The molecule has 28 heavy (non-hydrogen) atoms. The van der Waals surface area contributed by atoms with Gasteiger partial charge in [-0.2, -0.15) is 0 Å². The number of nitrogens with one attached hydrogen (secondary N) is 2. The second kappa shape index (κ2) is 9.43. The van der Waals surface area contributed by atoms with E-state index in [1.54, 1.807) is 18.2 Å². The molecule has 0 radical (unpaired) electrons. The van der Waals surface area contributed by atoms with E-state index in [1.165, 1.54) is 39.5 Å². The zero-order chi connectivity index (χ0) is 20.7. The molecule has 2 N–H and O–H groups in total. The van der Waals surface area contributed by atoms with Crippen molar-refractivity contribution in [2.75, 3.05) is 27.9 Å². The first-order valence-corrected chi connectivity index (χ1v) is 10.0. The average Bonchev–Trinajstić information content (AvgIpc) is 2.71. The van der Waals surface area contributed by atoms with Gasteiger partial charge in [0.15, 0.2) is 11.5 Å². The maximum Gasteiger partial charge on any atom is 0.254 e. The number of hydrogen-bond acceptors (Lipinski definition) is 6. The maximum absolute atomic E-state index is 12.7. The van der Waals surface area contributed by atoms with Gasteiger partial charge in [0.2, 0.25) is 10.0 Å². The molecule has 0 aliphatic carbocycles. The molecule has 0 aromatic heterocycles. The molecule has 0 bridgehead atoms. The number of benzene rings is 2. The molecule has 0 spiro atoms. The lowest BCUT2D eigenvalue weighted by Crippen LogP contribution is -2.24. The van der Waals surface area contributed by atoms with Crippen molar-refractivity contribution in [3.63, 3.8) is 0 Å². The van der Waals surface area contributed by atoms with E-state index < -0.39 is 15.9 Å². The van der Waals surface area contributed by atoms with Crippen molar-refractivity contribution in [1.29, 1.82) is 0 Å². The van der Waals surface area contributed by atoms with E-state index in [2.05, 4.69) is 10.0 Å². The van der Waals surface area contributed by atoms with Crippen molar-refractivity contribution in [3.8, 4) is 17.2 Å². The second-order valence-corrected chi connectivity index (χ2v) is 7.45. The third-order valence-electron chi connectivity index (χ3n) is 3.95. The van der Waals surface area contributed by atoms with Crippen molar-refractivity contribution in [2.24, 2.45) is 0 Å². The highest BCUT2D eigenvalue weighted by molar-refractivity contribution is 7.89. The van der Waals surface area contributed by atoms with Crippen LogP contribution in [0.15, 0.2) is 41.3 Å². The summed E-state index contributed by atoms with van der Waals surface area (Å²) >= 11 is 0. The summed E-state index contributed by atoms with van der Waals surface area (Å²) in [5.74, 6) is 0.951. The summed E-state index contributed by atoms with van der Waals surface area (Å²) in [5.41, 5.74) is 0.837. The smallest absolute Gasteiger partial charge is 0.254 e. The SMILES string of the molecule is CCOc1cc(CNS(=O)(=O)c2ccc(OC)c(C(=O)NC)c2)ccc1OC. The van der Waals surface area contributed by atoms with Crippen LogP contribution in [0, 0.1) is 0 Å². The first-order chi connectivity index (χ1) is 13.4. The molecule has 0 saturated carbocycles. The van der Waals surface area contributed by atoms with Gasteiger partial charge in [0.25, 0.3) is 5.91 Å². The van der Waals surface area contributed by atoms with E-state index in [4.69, 9.17) is 14.2 Å². The van der Waals surface area contributed by atoms with Gasteiger partial charge < -0.3 is 19.5 Å². The van der Waals surface area contributed by atoms with Gasteiger partial charge in [-0.1, -0.05) is 6.07 Å². The van der Waals surface area contributed by atoms with Crippen LogP contribution in [0.4, 0.5) is 0 Å². The van der Waals surface area contributed by atoms with Crippen LogP contribution in [0.2, 0.25) is 0 Å². The van der Waals surface area contributed by atoms with Gasteiger partial charge >= 0.3 is 0 Å². The molecule has 0 aliphatic heterocycles. The maximum atomic E-state index is 12.7. The van der Waals surface area contributed by atoms with Gasteiger partial charge in [0.05, 0.1) is 31.3 Å². The van der Waals surface area contributed by atoms with Crippen LogP contribution in [0.1, 0.15) is 22.8 Å². The standard InChI is InChI=1S/C19H24N2O6S/c1-5-27-18-10-13(6-8-17(18)26-4)12-21-28(23,24)14-7-9-16(25-3)15(11-14)19(22)20-2/h6-11,21H,5,12H2,1-4H3,(H,20,22). The number of rotatable bonds is 9. The Hall–Kier alpha value is -2.78. The minimum absolute atomic E-state index is 0.0366. The lowest BCUT2D eigenvalue weighted by atomic mass is 10.2. The predicted octanol–water partition coefficient (Wildman–Crippen LogP) is 1.94. The lowest BCUT2D eigenvalue weighted by molar-refractivity contribution is 0.0960. The Kier molecular flexibility index (Phi) is 7.24. The van der Waals surface area contributed by atoms with Gasteiger partial charge in [-0.05, 0) is 42.8 Å². The third kappa shape index (κ3) is 4.93. The number of methoxy groups -OCH3 is 2. The third-order valence-corrected chi connectivity index (χ3v) is 5.35. The normalized spacial score (nSPS) is 11.0. The average molecular weight is 408 g/mol. The number of amides is 1. The van der Waals surface area contributed by atoms with Crippen LogP contribution in [-0.4, -0.2) is 42.2 Å². The van der Waals surface area contributed by atoms with Crippen LogP contribution in [-0.2, 0) is 16.6 Å². The van der Waals surface area contributed by atoms with Crippen LogP contribution < -0.4 is 24.2 Å². The molecule has 8 nitrogen and oxygen atoms in total. The number of carbonyl (C=O) groups excluding carboxylic acids is 1. The van der Waals surface area contributed by atoms with Crippen molar-refractivity contribution in [2.45, 2.75) is 18.4 Å². The molecule has 0 aliphatic rings. The highest BCUT2D eigenvalue weighted by atomic mass is 32.2. The van der Waals surface area contributed by atoms with Crippen molar-refractivity contribution >= 4 is 15.9 Å². The highest BCUT2D eigenvalue weighted by Gasteiger charge is 2.19. The van der Waals surface area contributed by atoms with Gasteiger partial charge in [-0.25, -0.2) is 13.1 Å². The lowest BCUT2D eigenvalue weighted by Gasteiger charge is -2.13. The summed E-state index contributed by atoms with van der Waals surface area (Å²) in [5, 5.41) is 2.46. The predicted molar refractivity (Wildman–Crippen MR) is 105 cm³/mol. The molecule has 0 fully saturated rings. The van der Waals surface area contributed by atoms with Gasteiger partial charge in [0.1, 0.15) is 5.75 Å². The van der Waals surface area contributed by atoms with Crippen LogP contribution in [0.5, 0.6) is 17.2 Å². The number of ether oxygens (including phenoxy) is 3. The van der Waals surface area contributed by atoms with Crippen LogP contribution in [0.3, 0.4) is 0 Å². The van der Waals surface area contributed by atoms with E-state index >= 15 is 0 Å². The molecule has 0 unspecified atom stereocenters. The molecular weight excluding hydrogens is 384 g/mol. The summed E-state index contributed by atoms with van der Waals surface area (Å²) in [6, 6.07) is 9.28. The molecular formula is C19H24N2O6S. The monoisotopic (exact) mass is 408 g/mol. The van der Waals surface area contributed by atoms with Crippen molar-refractivity contribution in [3.05, 3.63) is 47.5 Å². The minimum Gasteiger partial charge on any atom is -0.496 e. The first-order valence-electron chi connectivity index (χ1n) is 8.55. The zero-order valence-corrected chi connectivity index (χ0v) is 17.1. The fraction of sp³-hybridized carbons (Fsp3) is 0.316. The highest BCUT2D eigenvalue weighted by Crippen LogP contribution is 2.28. The largest absolute Gasteiger partial charge is 0.496 e. The molecule has 9 heteroatoms. The summed E-state index contributed by atoms with van der Waals surface area (Å²) in [6.07, 6.45) is 0. The fourth-order valence-corrected chi connectivity index (χ4v) is 3.57. The van der Waals surface area contributed by atoms with E-state index in [-0.39, 0.29) is 22.8 Å². The Morgan fingerprint density at radius 3 is 2.29 bits per heavy atom. The van der Waals surface area contributed by atoms with E-state index in [1.807, 2.05) is 6.92 Å². The Balaban J connectivity index is 2.25. The van der Waals surface area contributed by atoms with Gasteiger partial charge in [0, 0.05) is 13.6 Å². The molecule has 2 aromatic rings. The fourth-order valence-electron chi connectivity index (χ4n) is 2.53. The zero-order valence-electron chi connectivity index (χ0n) is 16.2. The quantitative estimate of drug-likeness (QED) is 0.657. The van der Waals surface area contributed by atoms with Crippen LogP contribution in [0.25, 0.3) is 0 Å². The molecule has 2 aromatic carbocycles. The minimum atomic E-state index is -3.85. The van der Waals surface area contributed by atoms with Crippen molar-refractivity contribution < 1.29 is 27.4 Å². The molecule has 2 rings (SSSR count). The molecule has 1 amide bonds.